The summed E-state index contributed by atoms with van der Waals surface area (Å²) in [6.45, 7) is 0.412. The maximum Gasteiger partial charge on any atom is 0.149 e. The SMILES string of the molecule is CN(CCS(C)(=O)=O)c1cc(N)ccn1. The van der Waals surface area contributed by atoms with Crippen LogP contribution in [0.4, 0.5) is 11.5 Å². The van der Waals surface area contributed by atoms with Gasteiger partial charge in [0.25, 0.3) is 0 Å². The van der Waals surface area contributed by atoms with Crippen molar-refractivity contribution in [2.75, 3.05) is 36.2 Å². The number of aromatic nitrogens is 1. The van der Waals surface area contributed by atoms with Gasteiger partial charge in [-0.1, -0.05) is 0 Å². The third-order valence-corrected chi connectivity index (χ3v) is 2.88. The lowest BCUT2D eigenvalue weighted by Gasteiger charge is -2.17. The minimum absolute atomic E-state index is 0.111. The van der Waals surface area contributed by atoms with Crippen LogP contribution in [0.25, 0.3) is 0 Å². The first kappa shape index (κ1) is 11.8. The summed E-state index contributed by atoms with van der Waals surface area (Å²) >= 11 is 0. The zero-order valence-electron chi connectivity index (χ0n) is 8.84. The van der Waals surface area contributed by atoms with E-state index < -0.39 is 9.84 Å². The molecule has 0 fully saturated rings. The summed E-state index contributed by atoms with van der Waals surface area (Å²) in [6, 6.07) is 3.40. The highest BCUT2D eigenvalue weighted by molar-refractivity contribution is 7.90. The molecule has 0 radical (unpaired) electrons. The molecule has 1 rings (SSSR count). The zero-order valence-corrected chi connectivity index (χ0v) is 9.66. The lowest BCUT2D eigenvalue weighted by molar-refractivity contribution is 0.601. The number of nitrogen functional groups attached to an aromatic ring is 1. The van der Waals surface area contributed by atoms with E-state index >= 15 is 0 Å². The molecule has 0 amide bonds. The summed E-state index contributed by atoms with van der Waals surface area (Å²) < 4.78 is 21.9. The van der Waals surface area contributed by atoms with E-state index in [0.29, 0.717) is 18.1 Å². The number of hydrogen-bond acceptors (Lipinski definition) is 5. The fraction of sp³-hybridized carbons (Fsp3) is 0.444. The average Bonchev–Trinajstić information content (AvgIpc) is 2.13. The molecule has 0 aliphatic heterocycles. The predicted octanol–water partition coefficient (Wildman–Crippen LogP) is 0.145. The number of hydrogen-bond donors (Lipinski definition) is 1. The molecular formula is C9H15N3O2S. The minimum atomic E-state index is -2.94. The molecule has 0 saturated heterocycles. The van der Waals surface area contributed by atoms with Crippen molar-refractivity contribution in [1.82, 2.24) is 4.98 Å². The van der Waals surface area contributed by atoms with Crippen molar-refractivity contribution in [1.29, 1.82) is 0 Å². The van der Waals surface area contributed by atoms with Crippen LogP contribution < -0.4 is 10.6 Å². The first-order valence-corrected chi connectivity index (χ1v) is 6.55. The largest absolute Gasteiger partial charge is 0.399 e. The topological polar surface area (TPSA) is 76.3 Å². The zero-order chi connectivity index (χ0) is 11.5. The molecule has 5 nitrogen and oxygen atoms in total. The predicted molar refractivity (Wildman–Crippen MR) is 61.6 cm³/mol. The van der Waals surface area contributed by atoms with E-state index in [1.807, 2.05) is 0 Å². The Bertz CT molecular complexity index is 431. The average molecular weight is 229 g/mol. The highest BCUT2D eigenvalue weighted by Crippen LogP contribution is 2.11. The third-order valence-electron chi connectivity index (χ3n) is 1.96. The van der Waals surface area contributed by atoms with E-state index in [2.05, 4.69) is 4.98 Å². The van der Waals surface area contributed by atoms with Crippen LogP contribution in [0.5, 0.6) is 0 Å². The molecule has 0 aromatic carbocycles. The van der Waals surface area contributed by atoms with Gasteiger partial charge >= 0.3 is 0 Å². The minimum Gasteiger partial charge on any atom is -0.399 e. The van der Waals surface area contributed by atoms with Crippen molar-refractivity contribution >= 4 is 21.3 Å². The smallest absolute Gasteiger partial charge is 0.149 e. The molecule has 0 aliphatic rings. The lowest BCUT2D eigenvalue weighted by Crippen LogP contribution is -2.25. The molecule has 0 bridgehead atoms. The quantitative estimate of drug-likeness (QED) is 0.795. The van der Waals surface area contributed by atoms with Gasteiger partial charge < -0.3 is 10.6 Å². The molecule has 0 saturated carbocycles. The Labute approximate surface area is 89.8 Å². The molecule has 84 valence electrons. The van der Waals surface area contributed by atoms with E-state index in [0.717, 1.165) is 0 Å². The van der Waals surface area contributed by atoms with Gasteiger partial charge in [-0.3, -0.25) is 0 Å². The Morgan fingerprint density at radius 1 is 1.53 bits per heavy atom. The second kappa shape index (κ2) is 4.48. The number of rotatable bonds is 4. The Hall–Kier alpha value is -1.30. The van der Waals surface area contributed by atoms with Crippen LogP contribution in [0.2, 0.25) is 0 Å². The van der Waals surface area contributed by atoms with Crippen LogP contribution in [-0.2, 0) is 9.84 Å². The van der Waals surface area contributed by atoms with Gasteiger partial charge in [-0.25, -0.2) is 13.4 Å². The Balaban J connectivity index is 2.65. The lowest BCUT2D eigenvalue weighted by atomic mass is 10.4. The number of anilines is 2. The van der Waals surface area contributed by atoms with Crippen LogP contribution in [-0.4, -0.2) is 39.0 Å². The number of sulfone groups is 1. The fourth-order valence-corrected chi connectivity index (χ4v) is 1.67. The second-order valence-corrected chi connectivity index (χ2v) is 5.76. The van der Waals surface area contributed by atoms with Crippen molar-refractivity contribution in [2.45, 2.75) is 0 Å². The molecule has 1 aromatic heterocycles. The van der Waals surface area contributed by atoms with Crippen molar-refractivity contribution in [3.63, 3.8) is 0 Å². The summed E-state index contributed by atoms with van der Waals surface area (Å²) in [6.07, 6.45) is 2.81. The van der Waals surface area contributed by atoms with E-state index in [4.69, 9.17) is 5.73 Å². The summed E-state index contributed by atoms with van der Waals surface area (Å²) in [5.74, 6) is 0.790. The molecule has 0 atom stereocenters. The summed E-state index contributed by atoms with van der Waals surface area (Å²) in [5.41, 5.74) is 6.21. The normalized spacial score (nSPS) is 11.3. The third kappa shape index (κ3) is 4.16. The fourth-order valence-electron chi connectivity index (χ4n) is 1.06. The molecule has 0 spiro atoms. The Morgan fingerprint density at radius 2 is 2.20 bits per heavy atom. The van der Waals surface area contributed by atoms with E-state index in [1.165, 1.54) is 6.26 Å². The van der Waals surface area contributed by atoms with Crippen molar-refractivity contribution in [3.05, 3.63) is 18.3 Å². The van der Waals surface area contributed by atoms with Gasteiger partial charge in [-0.2, -0.15) is 0 Å². The number of nitrogens with zero attached hydrogens (tertiary/aromatic N) is 2. The van der Waals surface area contributed by atoms with Crippen LogP contribution in [0.15, 0.2) is 18.3 Å². The summed E-state index contributed by atoms with van der Waals surface area (Å²) in [4.78, 5) is 5.85. The number of nitrogens with two attached hydrogens (primary N) is 1. The van der Waals surface area contributed by atoms with E-state index in [9.17, 15) is 8.42 Å². The van der Waals surface area contributed by atoms with Gasteiger partial charge in [0.15, 0.2) is 0 Å². The van der Waals surface area contributed by atoms with Crippen molar-refractivity contribution in [2.24, 2.45) is 0 Å². The molecule has 1 aromatic rings. The summed E-state index contributed by atoms with van der Waals surface area (Å²) in [5, 5.41) is 0. The first-order valence-electron chi connectivity index (χ1n) is 4.49. The van der Waals surface area contributed by atoms with Crippen molar-refractivity contribution < 1.29 is 8.42 Å². The highest BCUT2D eigenvalue weighted by atomic mass is 32.2. The van der Waals surface area contributed by atoms with Crippen LogP contribution >= 0.6 is 0 Å². The van der Waals surface area contributed by atoms with Gasteiger partial charge in [0, 0.05) is 37.8 Å². The highest BCUT2D eigenvalue weighted by Gasteiger charge is 2.07. The van der Waals surface area contributed by atoms with Gasteiger partial charge in [0.2, 0.25) is 0 Å². The second-order valence-electron chi connectivity index (χ2n) is 3.50. The Kier molecular flexibility index (Phi) is 3.52. The molecular weight excluding hydrogens is 214 g/mol. The molecule has 2 N–H and O–H groups in total. The van der Waals surface area contributed by atoms with Crippen LogP contribution in [0, 0.1) is 0 Å². The van der Waals surface area contributed by atoms with Crippen LogP contribution in [0.3, 0.4) is 0 Å². The van der Waals surface area contributed by atoms with Gasteiger partial charge in [-0.15, -0.1) is 0 Å². The van der Waals surface area contributed by atoms with E-state index in [1.54, 1.807) is 30.3 Å². The molecule has 6 heteroatoms. The van der Waals surface area contributed by atoms with Gasteiger partial charge in [0.05, 0.1) is 5.75 Å². The van der Waals surface area contributed by atoms with Gasteiger partial charge in [-0.05, 0) is 6.07 Å². The van der Waals surface area contributed by atoms with E-state index in [-0.39, 0.29) is 5.75 Å². The van der Waals surface area contributed by atoms with Gasteiger partial charge in [0.1, 0.15) is 15.7 Å². The number of pyridine rings is 1. The Morgan fingerprint density at radius 3 is 2.73 bits per heavy atom. The monoisotopic (exact) mass is 229 g/mol. The van der Waals surface area contributed by atoms with Crippen molar-refractivity contribution in [3.8, 4) is 0 Å². The first-order chi connectivity index (χ1) is 6.88. The molecule has 1 heterocycles. The molecule has 0 aliphatic carbocycles. The molecule has 15 heavy (non-hydrogen) atoms. The summed E-state index contributed by atoms with van der Waals surface area (Å²) in [7, 11) is -1.15. The molecule has 0 unspecified atom stereocenters. The maximum atomic E-state index is 11.0. The maximum absolute atomic E-state index is 11.0. The standard InChI is InChI=1S/C9H15N3O2S/c1-12(5-6-15(2,13)14)9-7-8(10)3-4-11-9/h3-4,7H,5-6H2,1-2H3,(H2,10,11). The van der Waals surface area contributed by atoms with Crippen LogP contribution in [0.1, 0.15) is 0 Å².